The summed E-state index contributed by atoms with van der Waals surface area (Å²) in [7, 11) is 0. The van der Waals surface area contributed by atoms with Crippen LogP contribution in [0.15, 0.2) is 35.5 Å². The van der Waals surface area contributed by atoms with E-state index in [4.69, 9.17) is 5.26 Å². The van der Waals surface area contributed by atoms with Gasteiger partial charge >= 0.3 is 0 Å². The summed E-state index contributed by atoms with van der Waals surface area (Å²) in [5.41, 5.74) is 1.20. The van der Waals surface area contributed by atoms with Crippen LogP contribution >= 0.6 is 11.8 Å². The zero-order valence-electron chi connectivity index (χ0n) is 10.4. The molecule has 0 aliphatic heterocycles. The minimum Gasteiger partial charge on any atom is -0.302 e. The second kappa shape index (κ2) is 5.69. The molecule has 0 aliphatic carbocycles. The van der Waals surface area contributed by atoms with E-state index < -0.39 is 0 Å². The molecule has 0 aliphatic rings. The van der Waals surface area contributed by atoms with Gasteiger partial charge in [0.1, 0.15) is 5.82 Å². The molecule has 0 fully saturated rings. The minimum atomic E-state index is -0.122. The maximum Gasteiger partial charge on any atom is 0.192 e. The summed E-state index contributed by atoms with van der Waals surface area (Å²) in [4.78, 5) is 0. The molecule has 0 saturated carbocycles. The molecule has 0 bridgehead atoms. The Balaban J connectivity index is 2.22. The molecular weight excluding hydrogens is 244 g/mol. The van der Waals surface area contributed by atoms with E-state index >= 15 is 0 Å². The number of aryl methyl sites for hydroxylation is 1. The molecule has 0 unspecified atom stereocenters. The highest BCUT2D eigenvalue weighted by Gasteiger charge is 2.13. The van der Waals surface area contributed by atoms with Crippen molar-refractivity contribution in [2.75, 3.05) is 0 Å². The zero-order valence-corrected chi connectivity index (χ0v) is 11.2. The summed E-state index contributed by atoms with van der Waals surface area (Å²) in [6.45, 7) is 4.53. The first-order chi connectivity index (χ1) is 8.70. The van der Waals surface area contributed by atoms with E-state index in [2.05, 4.69) is 28.4 Å². The van der Waals surface area contributed by atoms with Crippen LogP contribution in [0.4, 0.5) is 0 Å². The van der Waals surface area contributed by atoms with E-state index in [0.29, 0.717) is 0 Å². The van der Waals surface area contributed by atoms with Crippen molar-refractivity contribution in [3.05, 3.63) is 41.7 Å². The van der Waals surface area contributed by atoms with Crippen LogP contribution in [0, 0.1) is 18.3 Å². The molecule has 0 saturated heterocycles. The quantitative estimate of drug-likeness (QED) is 0.791. The number of thioether (sulfide) groups is 1. The van der Waals surface area contributed by atoms with E-state index in [9.17, 15) is 0 Å². The van der Waals surface area contributed by atoms with Crippen molar-refractivity contribution < 1.29 is 0 Å². The van der Waals surface area contributed by atoms with Gasteiger partial charge in [0.25, 0.3) is 0 Å². The zero-order chi connectivity index (χ0) is 13.0. The Kier molecular flexibility index (Phi) is 4.00. The lowest BCUT2D eigenvalue weighted by molar-refractivity contribution is 0.687. The van der Waals surface area contributed by atoms with Gasteiger partial charge in [0.2, 0.25) is 0 Å². The van der Waals surface area contributed by atoms with Crippen LogP contribution in [0.1, 0.15) is 18.3 Å². The largest absolute Gasteiger partial charge is 0.302 e. The molecule has 1 atom stereocenters. The third kappa shape index (κ3) is 2.90. The van der Waals surface area contributed by atoms with Gasteiger partial charge in [0.05, 0.1) is 17.9 Å². The Labute approximate surface area is 111 Å². The first kappa shape index (κ1) is 12.7. The van der Waals surface area contributed by atoms with Gasteiger partial charge in [-0.05, 0) is 19.4 Å². The van der Waals surface area contributed by atoms with Gasteiger partial charge < -0.3 is 4.57 Å². The summed E-state index contributed by atoms with van der Waals surface area (Å²) >= 11 is 1.44. The molecule has 0 radical (unpaired) electrons. The van der Waals surface area contributed by atoms with Gasteiger partial charge in [0, 0.05) is 0 Å². The highest BCUT2D eigenvalue weighted by Crippen LogP contribution is 2.22. The van der Waals surface area contributed by atoms with Gasteiger partial charge in [-0.15, -0.1) is 10.2 Å². The fourth-order valence-corrected chi connectivity index (χ4v) is 2.36. The normalized spacial score (nSPS) is 12.1. The van der Waals surface area contributed by atoms with Crippen LogP contribution in [0.25, 0.3) is 0 Å². The van der Waals surface area contributed by atoms with Gasteiger partial charge in [-0.1, -0.05) is 42.1 Å². The lowest BCUT2D eigenvalue weighted by atomic mass is 10.2. The van der Waals surface area contributed by atoms with Gasteiger partial charge in [0.15, 0.2) is 5.16 Å². The maximum atomic E-state index is 8.86. The lowest BCUT2D eigenvalue weighted by Crippen LogP contribution is -2.05. The first-order valence-electron chi connectivity index (χ1n) is 5.70. The Morgan fingerprint density at radius 2 is 2.06 bits per heavy atom. The van der Waals surface area contributed by atoms with E-state index in [0.717, 1.165) is 17.5 Å². The molecule has 2 rings (SSSR count). The number of hydrogen-bond donors (Lipinski definition) is 0. The van der Waals surface area contributed by atoms with Crippen molar-refractivity contribution in [2.45, 2.75) is 30.8 Å². The highest BCUT2D eigenvalue weighted by molar-refractivity contribution is 8.00. The number of nitriles is 1. The Morgan fingerprint density at radius 3 is 2.72 bits per heavy atom. The van der Waals surface area contributed by atoms with Crippen molar-refractivity contribution in [2.24, 2.45) is 0 Å². The molecule has 5 heteroatoms. The fraction of sp³-hybridized carbons (Fsp3) is 0.308. The van der Waals surface area contributed by atoms with Crippen LogP contribution in [0.3, 0.4) is 0 Å². The molecule has 4 nitrogen and oxygen atoms in total. The average molecular weight is 258 g/mol. The molecule has 1 aromatic carbocycles. The summed E-state index contributed by atoms with van der Waals surface area (Å²) in [6, 6.07) is 12.4. The van der Waals surface area contributed by atoms with Gasteiger partial charge in [-0.3, -0.25) is 0 Å². The molecule has 1 aromatic heterocycles. The molecule has 1 heterocycles. The standard InChI is InChI=1S/C13H14N4S/c1-10(8-14)18-13-16-15-11(2)17(13)9-12-6-4-3-5-7-12/h3-7,10H,9H2,1-2H3/t10-/m0/s1. The van der Waals surface area contributed by atoms with Gasteiger partial charge in [-0.2, -0.15) is 5.26 Å². The first-order valence-corrected chi connectivity index (χ1v) is 6.58. The number of rotatable bonds is 4. The predicted octanol–water partition coefficient (Wildman–Crippen LogP) is 2.64. The summed E-state index contributed by atoms with van der Waals surface area (Å²) in [6.07, 6.45) is 0. The van der Waals surface area contributed by atoms with E-state index in [1.807, 2.05) is 36.6 Å². The third-order valence-corrected chi connectivity index (χ3v) is 3.52. The molecule has 92 valence electrons. The molecule has 18 heavy (non-hydrogen) atoms. The smallest absolute Gasteiger partial charge is 0.192 e. The topological polar surface area (TPSA) is 54.5 Å². The second-order valence-electron chi connectivity index (χ2n) is 3.99. The molecule has 0 spiro atoms. The third-order valence-electron chi connectivity index (χ3n) is 2.55. The Hall–Kier alpha value is -1.80. The van der Waals surface area contributed by atoms with E-state index in [1.54, 1.807) is 0 Å². The van der Waals surface area contributed by atoms with Crippen molar-refractivity contribution in [3.63, 3.8) is 0 Å². The minimum absolute atomic E-state index is 0.122. The van der Waals surface area contributed by atoms with Crippen LogP contribution in [0.2, 0.25) is 0 Å². The SMILES string of the molecule is Cc1nnc(S[C@@H](C)C#N)n1Cc1ccccc1. The summed E-state index contributed by atoms with van der Waals surface area (Å²) in [5.74, 6) is 0.867. The van der Waals surface area contributed by atoms with Crippen molar-refractivity contribution in [3.8, 4) is 6.07 Å². The number of nitrogens with zero attached hydrogens (tertiary/aromatic N) is 4. The monoisotopic (exact) mass is 258 g/mol. The molecular formula is C13H14N4S. The van der Waals surface area contributed by atoms with Crippen molar-refractivity contribution >= 4 is 11.8 Å². The Bertz CT molecular complexity index is 556. The number of benzene rings is 1. The van der Waals surface area contributed by atoms with Gasteiger partial charge in [-0.25, -0.2) is 0 Å². The van der Waals surface area contributed by atoms with Crippen molar-refractivity contribution in [1.82, 2.24) is 14.8 Å². The van der Waals surface area contributed by atoms with Crippen LogP contribution < -0.4 is 0 Å². The Morgan fingerprint density at radius 1 is 1.33 bits per heavy atom. The summed E-state index contributed by atoms with van der Waals surface area (Å²) in [5, 5.41) is 17.7. The molecule has 2 aromatic rings. The molecule has 0 amide bonds. The van der Waals surface area contributed by atoms with Crippen LogP contribution in [0.5, 0.6) is 0 Å². The van der Waals surface area contributed by atoms with E-state index in [-0.39, 0.29) is 5.25 Å². The average Bonchev–Trinajstić information content (AvgIpc) is 2.72. The second-order valence-corrected chi connectivity index (χ2v) is 5.30. The predicted molar refractivity (Wildman–Crippen MR) is 71.2 cm³/mol. The summed E-state index contributed by atoms with van der Waals surface area (Å²) < 4.78 is 2.04. The maximum absolute atomic E-state index is 8.86. The fourth-order valence-electron chi connectivity index (χ4n) is 1.58. The van der Waals surface area contributed by atoms with Crippen molar-refractivity contribution in [1.29, 1.82) is 5.26 Å². The van der Waals surface area contributed by atoms with E-state index in [1.165, 1.54) is 17.3 Å². The lowest BCUT2D eigenvalue weighted by Gasteiger charge is -2.08. The number of hydrogen-bond acceptors (Lipinski definition) is 4. The highest BCUT2D eigenvalue weighted by atomic mass is 32.2. The van der Waals surface area contributed by atoms with Crippen LogP contribution in [-0.4, -0.2) is 20.0 Å². The molecule has 0 N–H and O–H groups in total. The number of aromatic nitrogens is 3. The van der Waals surface area contributed by atoms with Crippen LogP contribution in [-0.2, 0) is 6.54 Å².